The SMILES string of the molecule is C=CCOC(=O)N(C)C1CCCCC1O. The molecule has 2 atom stereocenters. The van der Waals surface area contributed by atoms with Crippen molar-refractivity contribution in [3.63, 3.8) is 0 Å². The molecular weight excluding hydrogens is 194 g/mol. The molecule has 0 aromatic rings. The molecule has 0 radical (unpaired) electrons. The zero-order valence-electron chi connectivity index (χ0n) is 9.19. The topological polar surface area (TPSA) is 49.8 Å². The van der Waals surface area contributed by atoms with E-state index < -0.39 is 6.10 Å². The van der Waals surface area contributed by atoms with Crippen LogP contribution >= 0.6 is 0 Å². The molecule has 1 aliphatic carbocycles. The Morgan fingerprint density at radius 2 is 2.27 bits per heavy atom. The number of likely N-dealkylation sites (N-methyl/N-ethyl adjacent to an activating group) is 1. The van der Waals surface area contributed by atoms with Gasteiger partial charge in [0.2, 0.25) is 0 Å². The van der Waals surface area contributed by atoms with Gasteiger partial charge in [-0.25, -0.2) is 4.79 Å². The third-order valence-electron chi connectivity index (χ3n) is 2.80. The van der Waals surface area contributed by atoms with Gasteiger partial charge in [-0.05, 0) is 12.8 Å². The fourth-order valence-electron chi connectivity index (χ4n) is 1.91. The first-order valence-corrected chi connectivity index (χ1v) is 5.35. The number of carbonyl (C=O) groups is 1. The summed E-state index contributed by atoms with van der Waals surface area (Å²) in [6.45, 7) is 3.69. The van der Waals surface area contributed by atoms with Crippen LogP contribution in [0.25, 0.3) is 0 Å². The summed E-state index contributed by atoms with van der Waals surface area (Å²) in [5.74, 6) is 0. The Labute approximate surface area is 90.5 Å². The maximum absolute atomic E-state index is 11.5. The minimum atomic E-state index is -0.417. The van der Waals surface area contributed by atoms with Crippen LogP contribution < -0.4 is 0 Å². The van der Waals surface area contributed by atoms with Crippen molar-refractivity contribution in [2.24, 2.45) is 0 Å². The van der Waals surface area contributed by atoms with E-state index in [2.05, 4.69) is 6.58 Å². The second kappa shape index (κ2) is 5.75. The minimum Gasteiger partial charge on any atom is -0.445 e. The second-order valence-electron chi connectivity index (χ2n) is 3.90. The molecule has 86 valence electrons. The molecule has 0 aliphatic heterocycles. The molecule has 0 spiro atoms. The summed E-state index contributed by atoms with van der Waals surface area (Å²) >= 11 is 0. The van der Waals surface area contributed by atoms with Crippen LogP contribution in [-0.4, -0.2) is 41.9 Å². The lowest BCUT2D eigenvalue weighted by Gasteiger charge is -2.34. The first-order chi connectivity index (χ1) is 7.16. The van der Waals surface area contributed by atoms with Crippen molar-refractivity contribution < 1.29 is 14.6 Å². The molecule has 0 bridgehead atoms. The summed E-state index contributed by atoms with van der Waals surface area (Å²) in [7, 11) is 1.67. The number of rotatable bonds is 3. The molecule has 15 heavy (non-hydrogen) atoms. The van der Waals surface area contributed by atoms with Gasteiger partial charge < -0.3 is 14.7 Å². The van der Waals surface area contributed by atoms with Gasteiger partial charge in [-0.2, -0.15) is 0 Å². The molecular formula is C11H19NO3. The van der Waals surface area contributed by atoms with Crippen LogP contribution in [0.4, 0.5) is 4.79 Å². The maximum atomic E-state index is 11.5. The van der Waals surface area contributed by atoms with E-state index in [1.807, 2.05) is 0 Å². The Morgan fingerprint density at radius 3 is 2.87 bits per heavy atom. The molecule has 1 aliphatic rings. The summed E-state index contributed by atoms with van der Waals surface area (Å²) in [4.78, 5) is 13.0. The Bertz CT molecular complexity index is 230. The summed E-state index contributed by atoms with van der Waals surface area (Å²) in [5.41, 5.74) is 0. The Kier molecular flexibility index (Phi) is 4.62. The highest BCUT2D eigenvalue weighted by Crippen LogP contribution is 2.22. The van der Waals surface area contributed by atoms with Crippen molar-refractivity contribution in [3.8, 4) is 0 Å². The van der Waals surface area contributed by atoms with Gasteiger partial charge in [-0.1, -0.05) is 25.5 Å². The van der Waals surface area contributed by atoms with Crippen LogP contribution in [0.2, 0.25) is 0 Å². The number of ether oxygens (including phenoxy) is 1. The number of aliphatic hydroxyl groups is 1. The quantitative estimate of drug-likeness (QED) is 0.723. The number of aliphatic hydroxyl groups excluding tert-OH is 1. The van der Waals surface area contributed by atoms with Gasteiger partial charge in [0.05, 0.1) is 12.1 Å². The van der Waals surface area contributed by atoms with Gasteiger partial charge in [-0.15, -0.1) is 0 Å². The summed E-state index contributed by atoms with van der Waals surface area (Å²) < 4.78 is 4.91. The Balaban J connectivity index is 2.46. The van der Waals surface area contributed by atoms with Crippen molar-refractivity contribution >= 4 is 6.09 Å². The predicted octanol–water partition coefficient (Wildman–Crippen LogP) is 1.54. The molecule has 1 rings (SSSR count). The standard InChI is InChI=1S/C11H19NO3/c1-3-8-15-11(14)12(2)9-6-4-5-7-10(9)13/h3,9-10,13H,1,4-8H2,2H3. The fourth-order valence-corrected chi connectivity index (χ4v) is 1.91. The molecule has 4 nitrogen and oxygen atoms in total. The summed E-state index contributed by atoms with van der Waals surface area (Å²) in [6, 6.07) is -0.101. The number of amides is 1. The third kappa shape index (κ3) is 3.23. The van der Waals surface area contributed by atoms with Crippen molar-refractivity contribution in [1.82, 2.24) is 4.90 Å². The highest BCUT2D eigenvalue weighted by atomic mass is 16.6. The van der Waals surface area contributed by atoms with Gasteiger partial charge in [0.15, 0.2) is 0 Å². The highest BCUT2D eigenvalue weighted by Gasteiger charge is 2.29. The molecule has 1 fully saturated rings. The zero-order valence-corrected chi connectivity index (χ0v) is 9.19. The molecule has 1 saturated carbocycles. The second-order valence-corrected chi connectivity index (χ2v) is 3.90. The van der Waals surface area contributed by atoms with Gasteiger partial charge in [0.25, 0.3) is 0 Å². The lowest BCUT2D eigenvalue weighted by molar-refractivity contribution is 0.0260. The zero-order chi connectivity index (χ0) is 11.3. The van der Waals surface area contributed by atoms with E-state index in [1.165, 1.54) is 11.0 Å². The maximum Gasteiger partial charge on any atom is 0.410 e. The average molecular weight is 213 g/mol. The summed E-state index contributed by atoms with van der Waals surface area (Å²) in [5, 5.41) is 9.74. The van der Waals surface area contributed by atoms with E-state index in [-0.39, 0.29) is 18.7 Å². The molecule has 0 aromatic heterocycles. The number of hydrogen-bond acceptors (Lipinski definition) is 3. The number of nitrogens with zero attached hydrogens (tertiary/aromatic N) is 1. The average Bonchev–Trinajstić information content (AvgIpc) is 2.25. The first kappa shape index (κ1) is 12.0. The molecule has 2 unspecified atom stereocenters. The lowest BCUT2D eigenvalue weighted by atomic mass is 9.92. The van der Waals surface area contributed by atoms with Crippen molar-refractivity contribution in [3.05, 3.63) is 12.7 Å². The van der Waals surface area contributed by atoms with Crippen molar-refractivity contribution in [1.29, 1.82) is 0 Å². The first-order valence-electron chi connectivity index (χ1n) is 5.35. The van der Waals surface area contributed by atoms with E-state index in [1.54, 1.807) is 7.05 Å². The van der Waals surface area contributed by atoms with Gasteiger partial charge in [0.1, 0.15) is 6.61 Å². The van der Waals surface area contributed by atoms with Crippen LogP contribution in [0.1, 0.15) is 25.7 Å². The lowest BCUT2D eigenvalue weighted by Crippen LogP contribution is -2.46. The normalized spacial score (nSPS) is 25.7. The molecule has 0 aromatic carbocycles. The molecule has 0 saturated heterocycles. The third-order valence-corrected chi connectivity index (χ3v) is 2.80. The monoisotopic (exact) mass is 213 g/mol. The number of hydrogen-bond donors (Lipinski definition) is 1. The number of carbonyl (C=O) groups excluding carboxylic acids is 1. The van der Waals surface area contributed by atoms with Gasteiger partial charge >= 0.3 is 6.09 Å². The van der Waals surface area contributed by atoms with Crippen molar-refractivity contribution in [2.75, 3.05) is 13.7 Å². The largest absolute Gasteiger partial charge is 0.445 e. The van der Waals surface area contributed by atoms with Crippen LogP contribution in [-0.2, 0) is 4.74 Å². The van der Waals surface area contributed by atoms with Gasteiger partial charge in [-0.3, -0.25) is 0 Å². The Morgan fingerprint density at radius 1 is 1.60 bits per heavy atom. The van der Waals surface area contributed by atoms with Crippen LogP contribution in [0.15, 0.2) is 12.7 Å². The molecule has 1 amide bonds. The van der Waals surface area contributed by atoms with E-state index >= 15 is 0 Å². The highest BCUT2D eigenvalue weighted by molar-refractivity contribution is 5.67. The van der Waals surface area contributed by atoms with Crippen LogP contribution in [0.3, 0.4) is 0 Å². The molecule has 4 heteroatoms. The van der Waals surface area contributed by atoms with Crippen molar-refractivity contribution in [2.45, 2.75) is 37.8 Å². The predicted molar refractivity (Wildman–Crippen MR) is 57.6 cm³/mol. The Hall–Kier alpha value is -1.03. The molecule has 0 heterocycles. The van der Waals surface area contributed by atoms with E-state index in [0.717, 1.165) is 25.7 Å². The van der Waals surface area contributed by atoms with Crippen LogP contribution in [0, 0.1) is 0 Å². The molecule has 1 N–H and O–H groups in total. The van der Waals surface area contributed by atoms with E-state index in [9.17, 15) is 9.90 Å². The van der Waals surface area contributed by atoms with E-state index in [0.29, 0.717) is 0 Å². The van der Waals surface area contributed by atoms with Crippen LogP contribution in [0.5, 0.6) is 0 Å². The fraction of sp³-hybridized carbons (Fsp3) is 0.727. The summed E-state index contributed by atoms with van der Waals surface area (Å²) in [6.07, 6.45) is 4.43. The smallest absolute Gasteiger partial charge is 0.410 e. The minimum absolute atomic E-state index is 0.101. The van der Waals surface area contributed by atoms with E-state index in [4.69, 9.17) is 4.74 Å². The van der Waals surface area contributed by atoms with Gasteiger partial charge in [0, 0.05) is 7.05 Å².